The highest BCUT2D eigenvalue weighted by Gasteiger charge is 2.50. The number of aromatic amines is 2. The van der Waals surface area contributed by atoms with E-state index in [0.717, 1.165) is 16.4 Å². The van der Waals surface area contributed by atoms with Crippen LogP contribution in [0.25, 0.3) is 27.6 Å². The summed E-state index contributed by atoms with van der Waals surface area (Å²) in [5, 5.41) is 37.2. The van der Waals surface area contributed by atoms with E-state index in [1.807, 2.05) is 42.5 Å². The molecular weight excluding hydrogens is 472 g/mol. The van der Waals surface area contributed by atoms with Gasteiger partial charge in [0.05, 0.1) is 5.57 Å². The van der Waals surface area contributed by atoms with E-state index in [0.29, 0.717) is 16.5 Å². The van der Waals surface area contributed by atoms with Crippen LogP contribution < -0.4 is 0 Å². The first-order chi connectivity index (χ1) is 17.6. The molecule has 4 heterocycles. The van der Waals surface area contributed by atoms with Gasteiger partial charge in [-0.2, -0.15) is 21.9 Å². The highest BCUT2D eigenvalue weighted by atomic mass is 32.1. The van der Waals surface area contributed by atoms with Crippen LogP contribution in [0.5, 0.6) is 0 Å². The number of Topliss-reactive ketones (excluding diaryl/α,β-unsaturated/α-hetero) is 1. The molecule has 0 aliphatic carbocycles. The Bertz CT molecular complexity index is 1830. The molecule has 0 spiro atoms. The molecule has 7 nitrogen and oxygen atoms in total. The second-order valence-corrected chi connectivity index (χ2v) is 9.04. The molecule has 2 aromatic carbocycles. The predicted molar refractivity (Wildman–Crippen MR) is 135 cm³/mol. The zero-order valence-corrected chi connectivity index (χ0v) is 19.4. The summed E-state index contributed by atoms with van der Waals surface area (Å²) < 4.78 is 6.13. The fraction of sp³-hybridized carbons (Fsp3) is 0.0357. The lowest BCUT2D eigenvalue weighted by Gasteiger charge is -2.25. The quantitative estimate of drug-likeness (QED) is 0.174. The van der Waals surface area contributed by atoms with E-state index in [1.165, 1.54) is 17.5 Å². The molecule has 8 heteroatoms. The lowest BCUT2D eigenvalue weighted by atomic mass is 9.87. The van der Waals surface area contributed by atoms with Gasteiger partial charge in [0.25, 0.3) is 5.79 Å². The summed E-state index contributed by atoms with van der Waals surface area (Å²) in [6.45, 7) is 0. The van der Waals surface area contributed by atoms with Crippen molar-refractivity contribution >= 4 is 44.7 Å². The Morgan fingerprint density at radius 2 is 1.67 bits per heavy atom. The number of ketones is 1. The number of carbonyl (C=O) groups excluding carboxylic acids is 1. The Hall–Kier alpha value is -4.89. The van der Waals surface area contributed by atoms with Crippen molar-refractivity contribution < 1.29 is 14.6 Å². The standard InChI is InChI=1S/C28H16N4O3S/c29-11-19(26(33)21-13-31-23-7-3-1-5-17(21)23)25-20(12-30)27(35-28(25,34)16-9-10-36-15-16)22-14-32-24-8-4-2-6-18(22)24/h1-10,13-15,31-32,34H/b25-19+. The van der Waals surface area contributed by atoms with Gasteiger partial charge in [0.15, 0.2) is 5.76 Å². The lowest BCUT2D eigenvalue weighted by Crippen LogP contribution is -2.29. The Morgan fingerprint density at radius 3 is 2.36 bits per heavy atom. The SMILES string of the molecule is N#CC1=C(c2c[nH]c3ccccc23)OC(O)(c2ccsc2)/C1=C(\C#N)C(=O)c1c[nH]c2ccccc12. The molecule has 1 aliphatic rings. The predicted octanol–water partition coefficient (Wildman–Crippen LogP) is 5.52. The number of ether oxygens (including phenoxy) is 1. The third kappa shape index (κ3) is 3.03. The summed E-state index contributed by atoms with van der Waals surface area (Å²) in [6, 6.07) is 20.4. The third-order valence-electron chi connectivity index (χ3n) is 6.35. The first kappa shape index (κ1) is 21.6. The van der Waals surface area contributed by atoms with E-state index < -0.39 is 11.6 Å². The van der Waals surface area contributed by atoms with E-state index in [9.17, 15) is 20.4 Å². The maximum Gasteiger partial charge on any atom is 0.265 e. The molecule has 0 amide bonds. The average Bonchev–Trinajstić information content (AvgIpc) is 3.69. The van der Waals surface area contributed by atoms with Crippen LogP contribution in [0.3, 0.4) is 0 Å². The molecule has 1 aliphatic heterocycles. The zero-order chi connectivity index (χ0) is 24.9. The van der Waals surface area contributed by atoms with Crippen molar-refractivity contribution in [3.63, 3.8) is 0 Å². The number of thiophene rings is 1. The largest absolute Gasteiger partial charge is 0.452 e. The number of para-hydroxylation sites is 2. The molecule has 1 atom stereocenters. The van der Waals surface area contributed by atoms with Gasteiger partial charge in [0.2, 0.25) is 5.78 Å². The number of rotatable bonds is 4. The van der Waals surface area contributed by atoms with Crippen molar-refractivity contribution in [2.24, 2.45) is 0 Å². The number of H-pyrrole nitrogens is 2. The molecule has 0 saturated carbocycles. The van der Waals surface area contributed by atoms with E-state index in [2.05, 4.69) is 16.0 Å². The van der Waals surface area contributed by atoms with Crippen molar-refractivity contribution in [1.82, 2.24) is 9.97 Å². The number of aliphatic hydroxyl groups is 1. The van der Waals surface area contributed by atoms with Crippen molar-refractivity contribution in [2.45, 2.75) is 5.79 Å². The Morgan fingerprint density at radius 1 is 0.972 bits per heavy atom. The molecule has 0 bridgehead atoms. The van der Waals surface area contributed by atoms with Crippen molar-refractivity contribution in [3.8, 4) is 12.1 Å². The summed E-state index contributed by atoms with van der Waals surface area (Å²) in [7, 11) is 0. The molecule has 3 aromatic heterocycles. The van der Waals surface area contributed by atoms with Crippen LogP contribution in [-0.4, -0.2) is 20.9 Å². The maximum atomic E-state index is 13.8. The van der Waals surface area contributed by atoms with Gasteiger partial charge in [-0.3, -0.25) is 4.79 Å². The van der Waals surface area contributed by atoms with Crippen LogP contribution in [0, 0.1) is 22.7 Å². The molecule has 6 rings (SSSR count). The van der Waals surface area contributed by atoms with Gasteiger partial charge in [-0.1, -0.05) is 36.4 Å². The zero-order valence-electron chi connectivity index (χ0n) is 18.6. The van der Waals surface area contributed by atoms with Gasteiger partial charge in [0.1, 0.15) is 23.3 Å². The number of allylic oxidation sites excluding steroid dienone is 1. The van der Waals surface area contributed by atoms with Crippen molar-refractivity contribution in [2.75, 3.05) is 0 Å². The number of nitrogens with one attached hydrogen (secondary N) is 2. The topological polar surface area (TPSA) is 126 Å². The number of hydrogen-bond donors (Lipinski definition) is 3. The van der Waals surface area contributed by atoms with E-state index >= 15 is 0 Å². The van der Waals surface area contributed by atoms with Crippen LogP contribution in [0.15, 0.2) is 94.5 Å². The molecule has 36 heavy (non-hydrogen) atoms. The maximum absolute atomic E-state index is 13.8. The molecule has 1 unspecified atom stereocenters. The number of benzene rings is 2. The van der Waals surface area contributed by atoms with Crippen LogP contribution in [0.1, 0.15) is 21.5 Å². The molecule has 0 saturated heterocycles. The summed E-state index contributed by atoms with van der Waals surface area (Å²) in [4.78, 5) is 19.9. The van der Waals surface area contributed by atoms with Gasteiger partial charge in [-0.25, -0.2) is 0 Å². The Balaban J connectivity index is 1.64. The number of nitriles is 2. The molecule has 0 radical (unpaired) electrons. The minimum Gasteiger partial charge on any atom is -0.452 e. The highest BCUT2D eigenvalue weighted by Crippen LogP contribution is 2.50. The van der Waals surface area contributed by atoms with Gasteiger partial charge in [-0.15, -0.1) is 0 Å². The number of aromatic nitrogens is 2. The van der Waals surface area contributed by atoms with Crippen LogP contribution in [-0.2, 0) is 10.5 Å². The summed E-state index contributed by atoms with van der Waals surface area (Å²) >= 11 is 1.32. The van der Waals surface area contributed by atoms with Crippen molar-refractivity contribution in [1.29, 1.82) is 10.5 Å². The summed E-state index contributed by atoms with van der Waals surface area (Å²) in [5.74, 6) is -2.72. The second kappa shape index (κ2) is 8.10. The van der Waals surface area contributed by atoms with Gasteiger partial charge >= 0.3 is 0 Å². The molecule has 0 fully saturated rings. The smallest absolute Gasteiger partial charge is 0.265 e. The monoisotopic (exact) mass is 488 g/mol. The Kier molecular flexibility index (Phi) is 4.87. The fourth-order valence-electron chi connectivity index (χ4n) is 4.66. The lowest BCUT2D eigenvalue weighted by molar-refractivity contribution is -0.120. The summed E-state index contributed by atoms with van der Waals surface area (Å²) in [5.41, 5.74) is 2.08. The van der Waals surface area contributed by atoms with E-state index in [4.69, 9.17) is 4.74 Å². The number of carbonyl (C=O) groups is 1. The molecule has 3 N–H and O–H groups in total. The first-order valence-corrected chi connectivity index (χ1v) is 11.9. The van der Waals surface area contributed by atoms with Crippen LogP contribution >= 0.6 is 11.3 Å². The molecule has 172 valence electrons. The number of fused-ring (bicyclic) bond motifs is 2. The number of nitrogens with zero attached hydrogens (tertiary/aromatic N) is 2. The van der Waals surface area contributed by atoms with Crippen LogP contribution in [0.2, 0.25) is 0 Å². The van der Waals surface area contributed by atoms with E-state index in [-0.39, 0.29) is 28.0 Å². The molecular formula is C28H16N4O3S. The number of hydrogen-bond acceptors (Lipinski definition) is 6. The normalized spacial score (nSPS) is 18.8. The molecule has 5 aromatic rings. The summed E-state index contributed by atoms with van der Waals surface area (Å²) in [6.07, 6.45) is 3.21. The van der Waals surface area contributed by atoms with Gasteiger partial charge in [0, 0.05) is 56.3 Å². The Labute approximate surface area is 208 Å². The van der Waals surface area contributed by atoms with Crippen molar-refractivity contribution in [3.05, 3.63) is 111 Å². The third-order valence-corrected chi connectivity index (χ3v) is 7.03. The minimum absolute atomic E-state index is 0.0711. The van der Waals surface area contributed by atoms with Gasteiger partial charge < -0.3 is 19.8 Å². The second-order valence-electron chi connectivity index (χ2n) is 8.26. The minimum atomic E-state index is -2.20. The fourth-order valence-corrected chi connectivity index (χ4v) is 5.35. The average molecular weight is 489 g/mol. The first-order valence-electron chi connectivity index (χ1n) is 11.0. The highest BCUT2D eigenvalue weighted by molar-refractivity contribution is 7.08. The van der Waals surface area contributed by atoms with Crippen LogP contribution in [0.4, 0.5) is 0 Å². The van der Waals surface area contributed by atoms with Gasteiger partial charge in [-0.05, 0) is 23.6 Å². The van der Waals surface area contributed by atoms with E-state index in [1.54, 1.807) is 35.2 Å².